The van der Waals surface area contributed by atoms with Gasteiger partial charge in [0, 0.05) is 81.1 Å². The molecule has 17 heteroatoms. The quantitative estimate of drug-likeness (QED) is 0.146. The van der Waals surface area contributed by atoms with Gasteiger partial charge in [-0.15, -0.1) is 5.10 Å². The molecule has 3 aromatic heterocycles. The highest BCUT2D eigenvalue weighted by atomic mass is 35.5. The van der Waals surface area contributed by atoms with Gasteiger partial charge in [0.15, 0.2) is 17.2 Å². The lowest BCUT2D eigenvalue weighted by Crippen LogP contribution is -2.69. The first-order valence-electron chi connectivity index (χ1n) is 20.7. The fraction of sp³-hybridized carbons (Fsp3) is 0.409. The number of anilines is 3. The van der Waals surface area contributed by atoms with Gasteiger partial charge in [0.2, 0.25) is 11.8 Å². The molecule has 13 nitrogen and oxygen atoms in total. The van der Waals surface area contributed by atoms with Crippen LogP contribution >= 0.6 is 11.6 Å². The SMILES string of the molecule is CNc1cc(N2CCc3c(-c4ccc(CN5CC6(CCN(Cc7ccc(Cl)c(C8CCC(=O)NC8=O)c7)CC6(F)F)C5)cn4)cccc32)nn2c(C(=O)N[C@@H]3C[C@@H]3F)cnc12. The number of nitrogens with zero attached hydrogens (tertiary/aromatic N) is 7. The fourth-order valence-electron chi connectivity index (χ4n) is 9.57. The first kappa shape index (κ1) is 39.5. The van der Waals surface area contributed by atoms with E-state index in [9.17, 15) is 18.8 Å². The van der Waals surface area contributed by atoms with Gasteiger partial charge < -0.3 is 15.5 Å². The van der Waals surface area contributed by atoms with Crippen LogP contribution in [0.2, 0.25) is 5.02 Å². The van der Waals surface area contributed by atoms with Crippen molar-refractivity contribution in [2.45, 2.75) is 69.2 Å². The molecular formula is C44H44ClF3N10O3. The summed E-state index contributed by atoms with van der Waals surface area (Å²) in [6, 6.07) is 16.8. The number of carbonyl (C=O) groups is 3. The Morgan fingerprint density at radius 3 is 2.51 bits per heavy atom. The number of rotatable bonds is 10. The average molecular weight is 853 g/mol. The van der Waals surface area contributed by atoms with E-state index in [-0.39, 0.29) is 30.5 Å². The molecule has 4 aliphatic heterocycles. The largest absolute Gasteiger partial charge is 0.385 e. The summed E-state index contributed by atoms with van der Waals surface area (Å²) >= 11 is 6.45. The van der Waals surface area contributed by atoms with Crippen molar-refractivity contribution >= 4 is 52.2 Å². The minimum atomic E-state index is -2.88. The topological polar surface area (TPSA) is 140 Å². The number of fused-ring (bicyclic) bond motifs is 2. The van der Waals surface area contributed by atoms with Crippen LogP contribution in [0.15, 0.2) is 67.0 Å². The maximum Gasteiger partial charge on any atom is 0.271 e. The summed E-state index contributed by atoms with van der Waals surface area (Å²) in [4.78, 5) is 52.4. The zero-order valence-electron chi connectivity index (χ0n) is 33.4. The van der Waals surface area contributed by atoms with Gasteiger partial charge >= 0.3 is 0 Å². The molecule has 4 fully saturated rings. The Bertz CT molecular complexity index is 2580. The van der Waals surface area contributed by atoms with Crippen LogP contribution in [0.1, 0.15) is 64.3 Å². The minimum absolute atomic E-state index is 0.229. The summed E-state index contributed by atoms with van der Waals surface area (Å²) in [5.74, 6) is -3.91. The average Bonchev–Trinajstić information content (AvgIpc) is 3.54. The Labute approximate surface area is 354 Å². The maximum atomic E-state index is 15.9. The highest BCUT2D eigenvalue weighted by Gasteiger charge is 2.62. The number of halogens is 4. The third-order valence-electron chi connectivity index (χ3n) is 13.0. The molecule has 5 aromatic rings. The molecule has 316 valence electrons. The van der Waals surface area contributed by atoms with Gasteiger partial charge in [-0.25, -0.2) is 22.7 Å². The van der Waals surface area contributed by atoms with E-state index in [2.05, 4.69) is 30.7 Å². The summed E-state index contributed by atoms with van der Waals surface area (Å²) < 4.78 is 47.0. The number of hydrogen-bond donors (Lipinski definition) is 3. The van der Waals surface area contributed by atoms with Crippen LogP contribution in [0.5, 0.6) is 0 Å². The van der Waals surface area contributed by atoms with Crippen LogP contribution in [0.4, 0.5) is 30.4 Å². The highest BCUT2D eigenvalue weighted by molar-refractivity contribution is 6.31. The Morgan fingerprint density at radius 1 is 0.967 bits per heavy atom. The third kappa shape index (κ3) is 7.17. The van der Waals surface area contributed by atoms with Crippen molar-refractivity contribution in [1.29, 1.82) is 0 Å². The van der Waals surface area contributed by atoms with E-state index in [4.69, 9.17) is 21.7 Å². The molecular weight excluding hydrogens is 809 g/mol. The number of carbonyl (C=O) groups excluding carboxylic acids is 3. The van der Waals surface area contributed by atoms with Crippen molar-refractivity contribution in [3.05, 3.63) is 100.0 Å². The lowest BCUT2D eigenvalue weighted by atomic mass is 9.69. The normalized spacial score (nSPS) is 23.2. The van der Waals surface area contributed by atoms with Gasteiger partial charge in [0.25, 0.3) is 11.8 Å². The molecule has 10 rings (SSSR count). The number of imide groups is 1. The molecule has 3 atom stereocenters. The van der Waals surface area contributed by atoms with Gasteiger partial charge in [-0.1, -0.05) is 41.9 Å². The predicted molar refractivity (Wildman–Crippen MR) is 223 cm³/mol. The molecule has 3 N–H and O–H groups in total. The molecule has 1 aliphatic carbocycles. The molecule has 61 heavy (non-hydrogen) atoms. The smallest absolute Gasteiger partial charge is 0.271 e. The summed E-state index contributed by atoms with van der Waals surface area (Å²) in [5, 5.41) is 13.5. The van der Waals surface area contributed by atoms with Gasteiger partial charge in [-0.2, -0.15) is 0 Å². The number of aromatic nitrogens is 4. The number of alkyl halides is 3. The summed E-state index contributed by atoms with van der Waals surface area (Å²) in [6.45, 7) is 2.27. The number of benzene rings is 2. The van der Waals surface area contributed by atoms with E-state index in [0.717, 1.165) is 40.1 Å². The molecule has 7 heterocycles. The fourth-order valence-corrected chi connectivity index (χ4v) is 9.81. The van der Waals surface area contributed by atoms with Crippen molar-refractivity contribution < 1.29 is 27.6 Å². The predicted octanol–water partition coefficient (Wildman–Crippen LogP) is 5.88. The van der Waals surface area contributed by atoms with Crippen LogP contribution in [-0.4, -0.2) is 105 Å². The van der Waals surface area contributed by atoms with Crippen molar-refractivity contribution in [2.75, 3.05) is 50.0 Å². The lowest BCUT2D eigenvalue weighted by Gasteiger charge is -2.57. The molecule has 1 unspecified atom stereocenters. The summed E-state index contributed by atoms with van der Waals surface area (Å²) in [7, 11) is 1.78. The van der Waals surface area contributed by atoms with Crippen molar-refractivity contribution in [3.8, 4) is 11.3 Å². The van der Waals surface area contributed by atoms with E-state index < -0.39 is 35.4 Å². The first-order chi connectivity index (χ1) is 29.4. The van der Waals surface area contributed by atoms with E-state index in [1.54, 1.807) is 18.0 Å². The molecule has 2 aromatic carbocycles. The van der Waals surface area contributed by atoms with E-state index in [0.29, 0.717) is 86.3 Å². The van der Waals surface area contributed by atoms with Gasteiger partial charge in [-0.3, -0.25) is 34.5 Å². The Balaban J connectivity index is 0.781. The molecule has 1 saturated carbocycles. The Hall–Kier alpha value is -5.58. The third-order valence-corrected chi connectivity index (χ3v) is 13.4. The molecule has 0 radical (unpaired) electrons. The van der Waals surface area contributed by atoms with Crippen LogP contribution < -0.4 is 20.9 Å². The van der Waals surface area contributed by atoms with Crippen molar-refractivity contribution in [1.82, 2.24) is 40.0 Å². The first-order valence-corrected chi connectivity index (χ1v) is 21.1. The Morgan fingerprint density at radius 2 is 1.77 bits per heavy atom. The standard InChI is InChI=1S/C44H44ClF3N10O3/c1-49-35-17-38(54-58-37(19-51-40(35)58)42(61)52-34-16-32(34)46)57-13-11-28-27(3-2-4-36(28)57)33-9-6-26(18-50-33)21-56-22-43(23-56)12-14-55(24-44(43,47)48)20-25-5-8-31(45)30(15-25)29-7-10-39(59)53-41(29)60/h2-6,8-9,15,17-19,29,32,34,49H,7,10-14,16,20-24H2,1H3,(H,52,61)(H,53,59,60)/t29?,32-,34+/m0/s1. The number of hydrogen-bond acceptors (Lipinski definition) is 10. The molecule has 3 saturated heterocycles. The lowest BCUT2D eigenvalue weighted by molar-refractivity contribution is -0.227. The second-order valence-corrected chi connectivity index (χ2v) is 17.5. The molecule has 3 amide bonds. The molecule has 5 aliphatic rings. The Kier molecular flexibility index (Phi) is 9.79. The second kappa shape index (κ2) is 15.1. The van der Waals surface area contributed by atoms with Gasteiger partial charge in [0.05, 0.1) is 41.5 Å². The monoisotopic (exact) mass is 852 g/mol. The van der Waals surface area contributed by atoms with Crippen LogP contribution in [-0.2, 0) is 29.1 Å². The van der Waals surface area contributed by atoms with Crippen LogP contribution in [0.3, 0.4) is 0 Å². The van der Waals surface area contributed by atoms with E-state index >= 15 is 8.78 Å². The summed E-state index contributed by atoms with van der Waals surface area (Å²) in [6.07, 6.45) is 4.27. The zero-order valence-corrected chi connectivity index (χ0v) is 34.2. The van der Waals surface area contributed by atoms with Crippen molar-refractivity contribution in [2.24, 2.45) is 5.41 Å². The van der Waals surface area contributed by atoms with Crippen molar-refractivity contribution in [3.63, 3.8) is 0 Å². The number of piperidine rings is 2. The highest BCUT2D eigenvalue weighted by Crippen LogP contribution is 2.51. The van der Waals surface area contributed by atoms with Gasteiger partial charge in [-0.05, 0) is 66.3 Å². The van der Waals surface area contributed by atoms with E-state index in [1.807, 2.05) is 54.7 Å². The summed E-state index contributed by atoms with van der Waals surface area (Å²) in [5.41, 5.74) is 6.60. The zero-order chi connectivity index (χ0) is 42.2. The second-order valence-electron chi connectivity index (χ2n) is 17.1. The van der Waals surface area contributed by atoms with Crippen LogP contribution in [0, 0.1) is 5.41 Å². The number of pyridine rings is 1. The van der Waals surface area contributed by atoms with Gasteiger partial charge in [0.1, 0.15) is 6.17 Å². The minimum Gasteiger partial charge on any atom is -0.385 e. The molecule has 1 spiro atoms. The number of imidazole rings is 1. The number of likely N-dealkylation sites (tertiary alicyclic amines) is 2. The van der Waals surface area contributed by atoms with Crippen LogP contribution in [0.25, 0.3) is 16.9 Å². The molecule has 0 bridgehead atoms. The maximum absolute atomic E-state index is 15.9. The number of nitrogens with one attached hydrogen (secondary N) is 3. The number of amides is 3. The van der Waals surface area contributed by atoms with E-state index in [1.165, 1.54) is 10.7 Å².